The molecule has 0 aliphatic carbocycles. The number of halogens is 2. The Balaban J connectivity index is 1.90. The number of hydrogen-bond donors (Lipinski definition) is 2. The maximum atomic E-state index is 13.3. The minimum atomic E-state index is -0.930. The molecule has 1 aliphatic rings. The van der Waals surface area contributed by atoms with Crippen LogP contribution in [0.3, 0.4) is 0 Å². The zero-order valence-electron chi connectivity index (χ0n) is 9.58. The normalized spacial score (nSPS) is 17.2. The second-order valence-electron chi connectivity index (χ2n) is 4.42. The maximum Gasteiger partial charge on any atom is 0.315 e. The van der Waals surface area contributed by atoms with Crippen LogP contribution >= 0.6 is 0 Å². The van der Waals surface area contributed by atoms with Crippen molar-refractivity contribution in [3.05, 3.63) is 35.4 Å². The van der Waals surface area contributed by atoms with Gasteiger partial charge in [0.2, 0.25) is 0 Å². The summed E-state index contributed by atoms with van der Waals surface area (Å²) in [6.45, 7) is 0.656. The molecule has 98 valence electrons. The number of carboxylic acids is 1. The van der Waals surface area contributed by atoms with E-state index in [1.54, 1.807) is 0 Å². The Morgan fingerprint density at radius 1 is 1.44 bits per heavy atom. The molecule has 1 saturated heterocycles. The molecule has 1 aromatic carbocycles. The first-order chi connectivity index (χ1) is 8.53. The van der Waals surface area contributed by atoms with E-state index in [9.17, 15) is 13.6 Å². The summed E-state index contributed by atoms with van der Waals surface area (Å²) in [5, 5.41) is 11.9. The van der Waals surface area contributed by atoms with Gasteiger partial charge >= 0.3 is 5.97 Å². The molecule has 0 saturated carbocycles. The molecule has 0 aromatic heterocycles. The van der Waals surface area contributed by atoms with Crippen LogP contribution in [0.1, 0.15) is 5.56 Å². The van der Waals surface area contributed by atoms with Crippen LogP contribution < -0.4 is 5.32 Å². The highest BCUT2D eigenvalue weighted by molar-refractivity contribution is 5.76. The topological polar surface area (TPSA) is 58.6 Å². The summed E-state index contributed by atoms with van der Waals surface area (Å²) in [4.78, 5) is 11.0. The molecule has 0 unspecified atom stereocenters. The monoisotopic (exact) mass is 257 g/mol. The molecule has 4 nitrogen and oxygen atoms in total. The lowest BCUT2D eigenvalue weighted by Crippen LogP contribution is -2.55. The third kappa shape index (κ3) is 2.49. The van der Waals surface area contributed by atoms with Crippen LogP contribution in [0.4, 0.5) is 8.78 Å². The Bertz CT molecular complexity index is 461. The number of nitrogens with one attached hydrogen (secondary N) is 1. The maximum absolute atomic E-state index is 13.3. The molecule has 0 radical (unpaired) electrons. The molecule has 2 rings (SSSR count). The van der Waals surface area contributed by atoms with Crippen molar-refractivity contribution in [1.82, 2.24) is 5.32 Å². The Labute approximate surface area is 103 Å². The number of benzene rings is 1. The number of ether oxygens (including phenoxy) is 1. The van der Waals surface area contributed by atoms with Crippen LogP contribution in [0.25, 0.3) is 0 Å². The number of carboxylic acid groups (broad SMARTS) is 1. The molecule has 1 fully saturated rings. The van der Waals surface area contributed by atoms with E-state index in [4.69, 9.17) is 9.84 Å². The minimum Gasteiger partial charge on any atom is -0.481 e. The quantitative estimate of drug-likeness (QED) is 0.831. The van der Waals surface area contributed by atoms with E-state index in [0.717, 1.165) is 6.07 Å². The van der Waals surface area contributed by atoms with Gasteiger partial charge < -0.3 is 15.2 Å². The van der Waals surface area contributed by atoms with Gasteiger partial charge in [-0.05, 0) is 6.07 Å². The van der Waals surface area contributed by atoms with Crippen LogP contribution in [0.5, 0.6) is 0 Å². The number of hydrogen-bond acceptors (Lipinski definition) is 3. The molecule has 1 heterocycles. The molecule has 18 heavy (non-hydrogen) atoms. The van der Waals surface area contributed by atoms with Crippen LogP contribution in [0.15, 0.2) is 18.2 Å². The summed E-state index contributed by atoms with van der Waals surface area (Å²) in [5.74, 6) is -2.21. The zero-order chi connectivity index (χ0) is 13.2. The van der Waals surface area contributed by atoms with Crippen LogP contribution in [0, 0.1) is 17.0 Å². The molecule has 1 aliphatic heterocycles. The summed E-state index contributed by atoms with van der Waals surface area (Å²) in [6.07, 6.45) is 0. The van der Waals surface area contributed by atoms with Gasteiger partial charge in [0, 0.05) is 24.7 Å². The number of rotatable bonds is 5. The minimum absolute atomic E-state index is 0.154. The highest BCUT2D eigenvalue weighted by Crippen LogP contribution is 2.26. The lowest BCUT2D eigenvalue weighted by Gasteiger charge is -2.37. The second-order valence-corrected chi connectivity index (χ2v) is 4.42. The van der Waals surface area contributed by atoms with Gasteiger partial charge in [-0.3, -0.25) is 4.79 Å². The van der Waals surface area contributed by atoms with E-state index in [1.165, 1.54) is 12.1 Å². The van der Waals surface area contributed by atoms with Gasteiger partial charge in [-0.15, -0.1) is 0 Å². The van der Waals surface area contributed by atoms with Crippen LogP contribution in [0.2, 0.25) is 0 Å². The molecular formula is C12H13F2NO3. The fourth-order valence-corrected chi connectivity index (χ4v) is 1.75. The number of aliphatic carboxylic acids is 1. The van der Waals surface area contributed by atoms with Gasteiger partial charge in [0.15, 0.2) is 0 Å². The Hall–Kier alpha value is -1.53. The summed E-state index contributed by atoms with van der Waals surface area (Å²) in [7, 11) is 0. The van der Waals surface area contributed by atoms with Crippen molar-refractivity contribution in [3.8, 4) is 0 Å². The highest BCUT2D eigenvalue weighted by atomic mass is 19.1. The predicted octanol–water partition coefficient (Wildman–Crippen LogP) is 1.16. The van der Waals surface area contributed by atoms with Gasteiger partial charge in [0.25, 0.3) is 0 Å². The highest BCUT2D eigenvalue weighted by Gasteiger charge is 2.45. The first-order valence-corrected chi connectivity index (χ1v) is 5.49. The van der Waals surface area contributed by atoms with Crippen molar-refractivity contribution >= 4 is 5.97 Å². The fourth-order valence-electron chi connectivity index (χ4n) is 1.75. The lowest BCUT2D eigenvalue weighted by atomic mass is 9.86. The van der Waals surface area contributed by atoms with Gasteiger partial charge in [-0.2, -0.15) is 0 Å². The molecule has 2 N–H and O–H groups in total. The van der Waals surface area contributed by atoms with Crippen molar-refractivity contribution in [2.75, 3.05) is 19.8 Å². The summed E-state index contributed by atoms with van der Waals surface area (Å²) in [5.41, 5.74) is -0.617. The summed E-state index contributed by atoms with van der Waals surface area (Å²) >= 11 is 0. The standard InChI is InChI=1S/C12H13F2NO3/c13-9-2-1-8(10(14)3-9)4-15-5-12(11(16)17)6-18-7-12/h1-3,15H,4-7H2,(H,16,17). The Kier molecular flexibility index (Phi) is 3.58. The average Bonchev–Trinajstić information content (AvgIpc) is 2.24. The van der Waals surface area contributed by atoms with Crippen molar-refractivity contribution in [2.45, 2.75) is 6.54 Å². The predicted molar refractivity (Wildman–Crippen MR) is 59.0 cm³/mol. The van der Waals surface area contributed by atoms with Gasteiger partial charge in [0.1, 0.15) is 17.0 Å². The van der Waals surface area contributed by atoms with Gasteiger partial charge in [0.05, 0.1) is 13.2 Å². The third-order valence-electron chi connectivity index (χ3n) is 3.00. The second kappa shape index (κ2) is 4.99. The molecule has 1 aromatic rings. The van der Waals surface area contributed by atoms with E-state index >= 15 is 0 Å². The molecule has 0 atom stereocenters. The average molecular weight is 257 g/mol. The molecule has 6 heteroatoms. The van der Waals surface area contributed by atoms with Crippen molar-refractivity contribution in [3.63, 3.8) is 0 Å². The summed E-state index contributed by atoms with van der Waals surface area (Å²) in [6, 6.07) is 3.30. The van der Waals surface area contributed by atoms with Gasteiger partial charge in [-0.25, -0.2) is 8.78 Å². The zero-order valence-corrected chi connectivity index (χ0v) is 9.58. The van der Waals surface area contributed by atoms with Crippen molar-refractivity contribution in [1.29, 1.82) is 0 Å². The van der Waals surface area contributed by atoms with E-state index in [-0.39, 0.29) is 26.3 Å². The Morgan fingerprint density at radius 3 is 2.67 bits per heavy atom. The molecule has 0 amide bonds. The Morgan fingerprint density at radius 2 is 2.17 bits per heavy atom. The summed E-state index contributed by atoms with van der Waals surface area (Å²) < 4.78 is 30.9. The molecule has 0 spiro atoms. The number of carbonyl (C=O) groups is 1. The smallest absolute Gasteiger partial charge is 0.315 e. The first-order valence-electron chi connectivity index (χ1n) is 5.49. The fraction of sp³-hybridized carbons (Fsp3) is 0.417. The third-order valence-corrected chi connectivity index (χ3v) is 3.00. The lowest BCUT2D eigenvalue weighted by molar-refractivity contribution is -0.178. The molecular weight excluding hydrogens is 244 g/mol. The van der Waals surface area contributed by atoms with Crippen molar-refractivity contribution in [2.24, 2.45) is 5.41 Å². The van der Waals surface area contributed by atoms with Gasteiger partial charge in [-0.1, -0.05) is 6.07 Å². The van der Waals surface area contributed by atoms with Crippen molar-refractivity contribution < 1.29 is 23.4 Å². The van der Waals surface area contributed by atoms with Crippen LogP contribution in [-0.2, 0) is 16.1 Å². The van der Waals surface area contributed by atoms with E-state index < -0.39 is 23.0 Å². The van der Waals surface area contributed by atoms with Crippen LogP contribution in [-0.4, -0.2) is 30.8 Å². The SMILES string of the molecule is O=C(O)C1(CNCc2ccc(F)cc2F)COC1. The van der Waals surface area contributed by atoms with E-state index in [0.29, 0.717) is 5.56 Å². The molecule has 0 bridgehead atoms. The first kappa shape index (κ1) is 12.9. The largest absolute Gasteiger partial charge is 0.481 e. The van der Waals surface area contributed by atoms with E-state index in [1.807, 2.05) is 0 Å². The van der Waals surface area contributed by atoms with E-state index in [2.05, 4.69) is 5.32 Å².